The van der Waals surface area contributed by atoms with Crippen molar-refractivity contribution in [3.63, 3.8) is 0 Å². The Labute approximate surface area is 165 Å². The molecule has 0 bridgehead atoms. The number of hydrogen-bond acceptors (Lipinski definition) is 5. The lowest BCUT2D eigenvalue weighted by Crippen LogP contribution is -2.47. The molecule has 28 heavy (non-hydrogen) atoms. The maximum atomic E-state index is 13.1. The lowest BCUT2D eigenvalue weighted by Gasteiger charge is -2.27. The molecule has 2 aromatic rings. The van der Waals surface area contributed by atoms with Crippen LogP contribution in [0.1, 0.15) is 13.3 Å². The van der Waals surface area contributed by atoms with Crippen molar-refractivity contribution in [2.24, 2.45) is 0 Å². The van der Waals surface area contributed by atoms with E-state index in [1.807, 2.05) is 18.2 Å². The van der Waals surface area contributed by atoms with Crippen molar-refractivity contribution in [1.29, 1.82) is 0 Å². The lowest BCUT2D eigenvalue weighted by atomic mass is 10.1. The molecule has 1 N–H and O–H groups in total. The number of hydrogen-bond donors (Lipinski definition) is 1. The summed E-state index contributed by atoms with van der Waals surface area (Å²) in [4.78, 5) is 15.3. The van der Waals surface area contributed by atoms with Gasteiger partial charge in [0.25, 0.3) is 10.0 Å². The Hall–Kier alpha value is -2.16. The first-order chi connectivity index (χ1) is 13.5. The molecular weight excluding hydrogens is 378 g/mol. The quantitative estimate of drug-likeness (QED) is 0.741. The van der Waals surface area contributed by atoms with Crippen molar-refractivity contribution in [2.45, 2.75) is 24.3 Å². The number of morpholine rings is 1. The largest absolute Gasteiger partial charge is 0.379 e. The third-order valence-electron chi connectivity index (χ3n) is 5.40. The monoisotopic (exact) mass is 403 g/mol. The minimum atomic E-state index is -3.74. The minimum absolute atomic E-state index is 0.271. The van der Waals surface area contributed by atoms with Gasteiger partial charge in [-0.2, -0.15) is 0 Å². The van der Waals surface area contributed by atoms with Crippen LogP contribution >= 0.6 is 0 Å². The van der Waals surface area contributed by atoms with Crippen molar-refractivity contribution >= 4 is 32.4 Å². The molecule has 8 heteroatoms. The summed E-state index contributed by atoms with van der Waals surface area (Å²) in [5.74, 6) is -0.282. The van der Waals surface area contributed by atoms with Crippen molar-refractivity contribution in [2.75, 3.05) is 43.7 Å². The summed E-state index contributed by atoms with van der Waals surface area (Å²) in [5.41, 5.74) is 0.573. The molecule has 4 rings (SSSR count). The van der Waals surface area contributed by atoms with Crippen LogP contribution < -0.4 is 9.62 Å². The molecule has 2 aliphatic rings. The molecule has 2 aliphatic heterocycles. The van der Waals surface area contributed by atoms with Crippen molar-refractivity contribution in [3.8, 4) is 0 Å². The number of nitrogens with one attached hydrogen (secondary N) is 1. The summed E-state index contributed by atoms with van der Waals surface area (Å²) in [7, 11) is -3.74. The molecule has 2 aromatic carbocycles. The van der Waals surface area contributed by atoms with E-state index in [0.717, 1.165) is 44.7 Å². The van der Waals surface area contributed by atoms with Gasteiger partial charge in [0.05, 0.1) is 23.8 Å². The molecule has 2 heterocycles. The van der Waals surface area contributed by atoms with Gasteiger partial charge in [-0.05, 0) is 37.4 Å². The molecule has 1 fully saturated rings. The van der Waals surface area contributed by atoms with E-state index in [2.05, 4.69) is 10.2 Å². The van der Waals surface area contributed by atoms with Crippen molar-refractivity contribution in [1.82, 2.24) is 10.2 Å². The molecule has 0 aromatic heterocycles. The summed E-state index contributed by atoms with van der Waals surface area (Å²) in [6, 6.07) is 9.88. The normalized spacial score (nSPS) is 19.7. The van der Waals surface area contributed by atoms with Crippen LogP contribution in [-0.4, -0.2) is 64.7 Å². The van der Waals surface area contributed by atoms with E-state index >= 15 is 0 Å². The van der Waals surface area contributed by atoms with Crippen LogP contribution in [0.25, 0.3) is 10.8 Å². The molecular formula is C20H25N3O4S. The van der Waals surface area contributed by atoms with Crippen LogP contribution in [0.2, 0.25) is 0 Å². The fourth-order valence-electron chi connectivity index (χ4n) is 3.93. The first kappa shape index (κ1) is 19.2. The van der Waals surface area contributed by atoms with Gasteiger partial charge >= 0.3 is 0 Å². The molecule has 0 saturated carbocycles. The van der Waals surface area contributed by atoms with E-state index in [1.54, 1.807) is 25.1 Å². The smallest absolute Gasteiger partial charge is 0.265 e. The summed E-state index contributed by atoms with van der Waals surface area (Å²) in [6.45, 7) is 6.39. The summed E-state index contributed by atoms with van der Waals surface area (Å²) in [6.07, 6.45) is 0.820. The maximum absolute atomic E-state index is 13.1. The van der Waals surface area contributed by atoms with Gasteiger partial charge < -0.3 is 10.1 Å². The molecule has 7 nitrogen and oxygen atoms in total. The highest BCUT2D eigenvalue weighted by Crippen LogP contribution is 2.43. The van der Waals surface area contributed by atoms with E-state index in [-0.39, 0.29) is 10.8 Å². The molecule has 1 unspecified atom stereocenters. The second kappa shape index (κ2) is 7.69. The first-order valence-electron chi connectivity index (χ1n) is 9.64. The van der Waals surface area contributed by atoms with Gasteiger partial charge in [0.15, 0.2) is 0 Å². The van der Waals surface area contributed by atoms with E-state index in [1.165, 1.54) is 4.31 Å². The van der Waals surface area contributed by atoms with Gasteiger partial charge in [0.2, 0.25) is 5.91 Å². The number of amides is 1. The number of nitrogens with zero attached hydrogens (tertiary/aromatic N) is 2. The zero-order valence-electron chi connectivity index (χ0n) is 15.9. The third kappa shape index (κ3) is 3.36. The summed E-state index contributed by atoms with van der Waals surface area (Å²) < 4.78 is 32.7. The number of anilines is 1. The van der Waals surface area contributed by atoms with E-state index in [9.17, 15) is 13.2 Å². The van der Waals surface area contributed by atoms with Gasteiger partial charge in [-0.25, -0.2) is 8.42 Å². The number of rotatable bonds is 6. The summed E-state index contributed by atoms with van der Waals surface area (Å²) in [5, 5.41) is 4.44. The van der Waals surface area contributed by atoms with Gasteiger partial charge in [0.1, 0.15) is 6.04 Å². The molecule has 1 saturated heterocycles. The number of sulfonamides is 1. The maximum Gasteiger partial charge on any atom is 0.265 e. The minimum Gasteiger partial charge on any atom is -0.379 e. The van der Waals surface area contributed by atoms with E-state index in [0.29, 0.717) is 17.6 Å². The zero-order valence-corrected chi connectivity index (χ0v) is 16.7. The molecule has 150 valence electrons. The highest BCUT2D eigenvalue weighted by atomic mass is 32.2. The van der Waals surface area contributed by atoms with E-state index in [4.69, 9.17) is 4.74 Å². The van der Waals surface area contributed by atoms with Gasteiger partial charge in [-0.3, -0.25) is 14.0 Å². The predicted octanol–water partition coefficient (Wildman–Crippen LogP) is 1.58. The van der Waals surface area contributed by atoms with Gasteiger partial charge in [-0.1, -0.05) is 24.3 Å². The average Bonchev–Trinajstić information content (AvgIpc) is 2.94. The van der Waals surface area contributed by atoms with E-state index < -0.39 is 16.1 Å². The second-order valence-electron chi connectivity index (χ2n) is 7.21. The molecule has 0 radical (unpaired) electrons. The van der Waals surface area contributed by atoms with Crippen LogP contribution in [0.3, 0.4) is 0 Å². The number of benzene rings is 2. The Balaban J connectivity index is 1.44. The van der Waals surface area contributed by atoms with Crippen molar-refractivity contribution < 1.29 is 17.9 Å². The highest BCUT2D eigenvalue weighted by molar-refractivity contribution is 7.93. The Morgan fingerprint density at radius 1 is 1.18 bits per heavy atom. The fraction of sp³-hybridized carbons (Fsp3) is 0.450. The number of carbonyl (C=O) groups is 1. The SMILES string of the molecule is CC(C(=O)NCCCN1CCOCC1)N1c2cccc3cccc(c23)S1(=O)=O. The van der Waals surface area contributed by atoms with Crippen molar-refractivity contribution in [3.05, 3.63) is 36.4 Å². The van der Waals surface area contributed by atoms with Gasteiger partial charge in [-0.15, -0.1) is 0 Å². The van der Waals surface area contributed by atoms with Crippen LogP contribution in [0.5, 0.6) is 0 Å². The second-order valence-corrected chi connectivity index (χ2v) is 8.99. The highest BCUT2D eigenvalue weighted by Gasteiger charge is 2.40. The Kier molecular flexibility index (Phi) is 5.27. The molecule has 0 aliphatic carbocycles. The number of carbonyl (C=O) groups excluding carboxylic acids is 1. The van der Waals surface area contributed by atoms with Gasteiger partial charge in [0, 0.05) is 25.0 Å². The zero-order chi connectivity index (χ0) is 19.7. The van der Waals surface area contributed by atoms with Crippen LogP contribution in [-0.2, 0) is 19.6 Å². The molecule has 1 amide bonds. The molecule has 0 spiro atoms. The third-order valence-corrected chi connectivity index (χ3v) is 7.33. The Morgan fingerprint density at radius 2 is 1.89 bits per heavy atom. The van der Waals surface area contributed by atoms with Crippen LogP contribution in [0, 0.1) is 0 Å². The van der Waals surface area contributed by atoms with Crippen LogP contribution in [0.4, 0.5) is 5.69 Å². The Morgan fingerprint density at radius 3 is 2.64 bits per heavy atom. The van der Waals surface area contributed by atoms with Crippen LogP contribution in [0.15, 0.2) is 41.3 Å². The average molecular weight is 404 g/mol. The molecule has 1 atom stereocenters. The number of ether oxygens (including phenoxy) is 1. The lowest BCUT2D eigenvalue weighted by molar-refractivity contribution is -0.121. The summed E-state index contributed by atoms with van der Waals surface area (Å²) >= 11 is 0. The fourth-order valence-corrected chi connectivity index (χ4v) is 5.80. The first-order valence-corrected chi connectivity index (χ1v) is 11.1. The topological polar surface area (TPSA) is 79.0 Å². The standard InChI is InChI=1S/C20H25N3O4S/c1-15(20(24)21-9-4-10-22-11-13-27-14-12-22)23-17-7-2-5-16-6-3-8-18(19(16)17)28(23,25)26/h2-3,5-8,15H,4,9-14H2,1H3,(H,21,24). The predicted molar refractivity (Wildman–Crippen MR) is 108 cm³/mol. The Bertz CT molecular complexity index is 981.